The molecule has 0 saturated carbocycles. The van der Waals surface area contributed by atoms with Crippen LogP contribution in [-0.4, -0.2) is 31.0 Å². The number of aliphatic hydroxyl groups excluding tert-OH is 1. The summed E-state index contributed by atoms with van der Waals surface area (Å²) in [5, 5.41) is 13.0. The van der Waals surface area contributed by atoms with Crippen LogP contribution in [0.1, 0.15) is 45.1 Å². The number of hydrogen-bond donors (Lipinski definition) is 2. The predicted octanol–water partition coefficient (Wildman–Crippen LogP) is 3.40. The third-order valence-electron chi connectivity index (χ3n) is 3.07. The van der Waals surface area contributed by atoms with Crippen molar-refractivity contribution in [3.63, 3.8) is 0 Å². The lowest BCUT2D eigenvalue weighted by atomic mass is 10.0. The van der Waals surface area contributed by atoms with Gasteiger partial charge in [-0.3, -0.25) is 0 Å². The summed E-state index contributed by atoms with van der Waals surface area (Å²) in [7, 11) is 0. The molecule has 0 aliphatic heterocycles. The Bertz CT molecular complexity index is 335. The van der Waals surface area contributed by atoms with E-state index < -0.39 is 6.10 Å². The first kappa shape index (κ1) is 16.0. The average Bonchev–Trinajstić information content (AvgIpc) is 2.42. The van der Waals surface area contributed by atoms with Crippen molar-refractivity contribution < 1.29 is 9.84 Å². The molecule has 0 amide bonds. The number of ether oxygens (including phenoxy) is 1. The van der Waals surface area contributed by atoms with Crippen molar-refractivity contribution in [2.24, 2.45) is 0 Å². The Morgan fingerprint density at radius 1 is 1.21 bits per heavy atom. The molecule has 0 heterocycles. The van der Waals surface area contributed by atoms with E-state index in [-0.39, 0.29) is 0 Å². The maximum Gasteiger partial charge on any atom is 0.0945 e. The molecular formula is C16H27NO2. The van der Waals surface area contributed by atoms with E-state index in [0.29, 0.717) is 19.1 Å². The van der Waals surface area contributed by atoms with Crippen LogP contribution in [-0.2, 0) is 4.74 Å². The Morgan fingerprint density at radius 3 is 2.47 bits per heavy atom. The van der Waals surface area contributed by atoms with Crippen molar-refractivity contribution in [1.29, 1.82) is 0 Å². The minimum Gasteiger partial charge on any atom is -0.389 e. The highest BCUT2D eigenvalue weighted by Gasteiger charge is 2.04. The summed E-state index contributed by atoms with van der Waals surface area (Å²) in [6.07, 6.45) is 1.72. The van der Waals surface area contributed by atoms with E-state index in [1.54, 1.807) is 0 Å². The van der Waals surface area contributed by atoms with Crippen LogP contribution in [0, 0.1) is 0 Å². The molecule has 0 radical (unpaired) electrons. The molecule has 0 spiro atoms. The molecule has 0 saturated heterocycles. The summed E-state index contributed by atoms with van der Waals surface area (Å²) in [6, 6.07) is 8.36. The highest BCUT2D eigenvalue weighted by Crippen LogP contribution is 2.16. The van der Waals surface area contributed by atoms with Crippen molar-refractivity contribution in [2.75, 3.05) is 25.1 Å². The van der Waals surface area contributed by atoms with E-state index in [4.69, 9.17) is 4.74 Å². The molecule has 108 valence electrons. The number of anilines is 1. The van der Waals surface area contributed by atoms with Crippen LogP contribution in [0.3, 0.4) is 0 Å². The normalized spacial score (nSPS) is 12.7. The Labute approximate surface area is 117 Å². The van der Waals surface area contributed by atoms with Crippen LogP contribution < -0.4 is 5.32 Å². The topological polar surface area (TPSA) is 41.5 Å². The third kappa shape index (κ3) is 6.60. The van der Waals surface area contributed by atoms with Crippen molar-refractivity contribution >= 4 is 5.69 Å². The van der Waals surface area contributed by atoms with Crippen molar-refractivity contribution in [1.82, 2.24) is 0 Å². The van der Waals surface area contributed by atoms with E-state index in [2.05, 4.69) is 50.4 Å². The van der Waals surface area contributed by atoms with Crippen LogP contribution in [0.2, 0.25) is 0 Å². The van der Waals surface area contributed by atoms with E-state index >= 15 is 0 Å². The molecule has 0 aliphatic carbocycles. The van der Waals surface area contributed by atoms with E-state index in [0.717, 1.165) is 25.1 Å². The number of aliphatic hydroxyl groups is 1. The smallest absolute Gasteiger partial charge is 0.0945 e. The Hall–Kier alpha value is -1.06. The molecule has 1 rings (SSSR count). The van der Waals surface area contributed by atoms with Gasteiger partial charge in [-0.2, -0.15) is 0 Å². The summed E-state index contributed by atoms with van der Waals surface area (Å²) >= 11 is 0. The monoisotopic (exact) mass is 265 g/mol. The van der Waals surface area contributed by atoms with E-state index in [1.165, 1.54) is 5.56 Å². The minimum atomic E-state index is -0.457. The van der Waals surface area contributed by atoms with Gasteiger partial charge in [0.2, 0.25) is 0 Å². The molecule has 1 unspecified atom stereocenters. The zero-order valence-electron chi connectivity index (χ0n) is 12.4. The molecular weight excluding hydrogens is 238 g/mol. The third-order valence-corrected chi connectivity index (χ3v) is 3.07. The zero-order valence-corrected chi connectivity index (χ0v) is 12.4. The number of benzene rings is 1. The largest absolute Gasteiger partial charge is 0.389 e. The molecule has 0 bridgehead atoms. The maximum absolute atomic E-state index is 9.77. The second kappa shape index (κ2) is 8.94. The van der Waals surface area contributed by atoms with E-state index in [1.807, 2.05) is 0 Å². The molecule has 3 heteroatoms. The first-order valence-corrected chi connectivity index (χ1v) is 7.23. The summed E-state index contributed by atoms with van der Waals surface area (Å²) in [6.45, 7) is 8.14. The second-order valence-electron chi connectivity index (χ2n) is 5.24. The predicted molar refractivity (Wildman–Crippen MR) is 80.8 cm³/mol. The van der Waals surface area contributed by atoms with Crippen molar-refractivity contribution in [3.8, 4) is 0 Å². The highest BCUT2D eigenvalue weighted by molar-refractivity contribution is 5.45. The lowest BCUT2D eigenvalue weighted by Gasteiger charge is -2.14. The molecule has 3 nitrogen and oxygen atoms in total. The van der Waals surface area contributed by atoms with Crippen molar-refractivity contribution in [3.05, 3.63) is 29.8 Å². The second-order valence-corrected chi connectivity index (χ2v) is 5.24. The van der Waals surface area contributed by atoms with Gasteiger partial charge in [0.1, 0.15) is 0 Å². The van der Waals surface area contributed by atoms with E-state index in [9.17, 15) is 5.11 Å². The lowest BCUT2D eigenvalue weighted by Crippen LogP contribution is -2.25. The number of unbranched alkanes of at least 4 members (excludes halogenated alkanes) is 1. The van der Waals surface area contributed by atoms with Gasteiger partial charge in [0.05, 0.1) is 12.7 Å². The molecule has 1 aromatic carbocycles. The number of rotatable bonds is 9. The summed E-state index contributed by atoms with van der Waals surface area (Å²) < 4.78 is 5.38. The van der Waals surface area contributed by atoms with Gasteiger partial charge >= 0.3 is 0 Å². The highest BCUT2D eigenvalue weighted by atomic mass is 16.5. The van der Waals surface area contributed by atoms with Gasteiger partial charge in [-0.25, -0.2) is 0 Å². The first-order chi connectivity index (χ1) is 9.13. The minimum absolute atomic E-state index is 0.400. The lowest BCUT2D eigenvalue weighted by molar-refractivity contribution is 0.0422. The zero-order chi connectivity index (χ0) is 14.1. The van der Waals surface area contributed by atoms with Crippen LogP contribution >= 0.6 is 0 Å². The Kier molecular flexibility index (Phi) is 7.53. The Morgan fingerprint density at radius 2 is 1.89 bits per heavy atom. The van der Waals surface area contributed by atoms with Crippen LogP contribution in [0.15, 0.2) is 24.3 Å². The van der Waals surface area contributed by atoms with Gasteiger partial charge in [0, 0.05) is 18.8 Å². The molecule has 1 atom stereocenters. The first-order valence-electron chi connectivity index (χ1n) is 7.23. The van der Waals surface area contributed by atoms with Gasteiger partial charge in [-0.15, -0.1) is 0 Å². The van der Waals surface area contributed by atoms with Gasteiger partial charge < -0.3 is 15.2 Å². The van der Waals surface area contributed by atoms with Gasteiger partial charge in [-0.1, -0.05) is 39.3 Å². The van der Waals surface area contributed by atoms with Crippen LogP contribution in [0.4, 0.5) is 5.69 Å². The number of nitrogens with one attached hydrogen (secondary N) is 1. The molecule has 1 aromatic rings. The van der Waals surface area contributed by atoms with Crippen molar-refractivity contribution in [2.45, 2.75) is 45.6 Å². The summed E-state index contributed by atoms with van der Waals surface area (Å²) in [5.41, 5.74) is 2.37. The molecule has 0 aliphatic rings. The van der Waals surface area contributed by atoms with Gasteiger partial charge in [0.25, 0.3) is 0 Å². The number of hydrogen-bond acceptors (Lipinski definition) is 3. The summed E-state index contributed by atoms with van der Waals surface area (Å²) in [4.78, 5) is 0. The Balaban J connectivity index is 2.24. The molecule has 19 heavy (non-hydrogen) atoms. The fourth-order valence-electron chi connectivity index (χ4n) is 1.75. The quantitative estimate of drug-likeness (QED) is 0.672. The fraction of sp³-hybridized carbons (Fsp3) is 0.625. The standard InChI is InChI=1S/C16H27NO2/c1-4-5-10-19-12-16(18)11-17-15-8-6-14(7-9-15)13(2)3/h6-9,13,16-18H,4-5,10-12H2,1-3H3. The maximum atomic E-state index is 9.77. The molecule has 0 fully saturated rings. The van der Waals surface area contributed by atoms with Gasteiger partial charge in [0.15, 0.2) is 0 Å². The molecule has 0 aromatic heterocycles. The SMILES string of the molecule is CCCCOCC(O)CNc1ccc(C(C)C)cc1. The van der Waals surface area contributed by atoms with Gasteiger partial charge in [-0.05, 0) is 30.0 Å². The summed E-state index contributed by atoms with van der Waals surface area (Å²) in [5.74, 6) is 0.548. The van der Waals surface area contributed by atoms with Crippen LogP contribution in [0.25, 0.3) is 0 Å². The fourth-order valence-corrected chi connectivity index (χ4v) is 1.75. The van der Waals surface area contributed by atoms with Crippen LogP contribution in [0.5, 0.6) is 0 Å². The molecule has 2 N–H and O–H groups in total. The average molecular weight is 265 g/mol.